The van der Waals surface area contributed by atoms with E-state index in [1.54, 1.807) is 0 Å². The quantitative estimate of drug-likeness (QED) is 0.773. The predicted octanol–water partition coefficient (Wildman–Crippen LogP) is 2.78. The molecule has 0 amide bonds. The van der Waals surface area contributed by atoms with E-state index in [0.29, 0.717) is 0 Å². The van der Waals surface area contributed by atoms with Crippen LogP contribution >= 0.6 is 0 Å². The van der Waals surface area contributed by atoms with Crippen molar-refractivity contribution in [1.82, 2.24) is 0 Å². The molecule has 0 aliphatic heterocycles. The van der Waals surface area contributed by atoms with Crippen molar-refractivity contribution in [3.63, 3.8) is 0 Å². The van der Waals surface area contributed by atoms with Gasteiger partial charge in [0.15, 0.2) is 0 Å². The van der Waals surface area contributed by atoms with Crippen LogP contribution in [0.5, 0.6) is 23.0 Å². The molecule has 0 spiro atoms. The molecule has 26 heavy (non-hydrogen) atoms. The van der Waals surface area contributed by atoms with Crippen molar-refractivity contribution in [3.8, 4) is 34.1 Å². The fourth-order valence-corrected chi connectivity index (χ4v) is 2.59. The summed E-state index contributed by atoms with van der Waals surface area (Å²) in [4.78, 5) is 23.6. The highest BCUT2D eigenvalue weighted by Gasteiger charge is 2.27. The molecule has 0 bridgehead atoms. The Morgan fingerprint density at radius 3 is 1.23 bits per heavy atom. The van der Waals surface area contributed by atoms with E-state index in [1.807, 2.05) is 0 Å². The highest BCUT2D eigenvalue weighted by molar-refractivity contribution is 6.06. The van der Waals surface area contributed by atoms with Crippen LogP contribution in [0.4, 0.5) is 0 Å². The van der Waals surface area contributed by atoms with Gasteiger partial charge in [-0.1, -0.05) is 0 Å². The lowest BCUT2D eigenvalue weighted by Crippen LogP contribution is -2.08. The number of benzene rings is 2. The summed E-state index contributed by atoms with van der Waals surface area (Å²) < 4.78 is 20.8. The molecule has 0 heterocycles. The molecule has 2 aromatic carbocycles. The van der Waals surface area contributed by atoms with E-state index >= 15 is 0 Å². The fraction of sp³-hybridized carbons (Fsp3) is 0.222. The average Bonchev–Trinajstić information content (AvgIpc) is 2.65. The first-order valence-corrected chi connectivity index (χ1v) is 7.36. The van der Waals surface area contributed by atoms with Gasteiger partial charge in [0.05, 0.1) is 39.6 Å². The Bertz CT molecular complexity index is 785. The third-order valence-corrected chi connectivity index (χ3v) is 3.77. The fourth-order valence-electron chi connectivity index (χ4n) is 2.59. The van der Waals surface area contributed by atoms with Gasteiger partial charge in [0.1, 0.15) is 23.0 Å². The van der Waals surface area contributed by atoms with E-state index in [0.717, 1.165) is 0 Å². The summed E-state index contributed by atoms with van der Waals surface area (Å²) in [5, 5.41) is 19.3. The molecule has 0 radical (unpaired) electrons. The number of carbonyl (C=O) groups is 2. The van der Waals surface area contributed by atoms with Crippen LogP contribution in [0, 0.1) is 0 Å². The molecule has 0 unspecified atom stereocenters. The van der Waals surface area contributed by atoms with Crippen LogP contribution < -0.4 is 18.9 Å². The van der Waals surface area contributed by atoms with E-state index in [1.165, 1.54) is 52.7 Å². The molecular weight excluding hydrogens is 344 g/mol. The Kier molecular flexibility index (Phi) is 5.56. The van der Waals surface area contributed by atoms with Gasteiger partial charge in [-0.25, -0.2) is 9.59 Å². The molecule has 2 rings (SSSR count). The maximum Gasteiger partial charge on any atom is 0.336 e. The van der Waals surface area contributed by atoms with Crippen LogP contribution in [0.3, 0.4) is 0 Å². The van der Waals surface area contributed by atoms with Crippen molar-refractivity contribution in [3.05, 3.63) is 35.4 Å². The Morgan fingerprint density at radius 1 is 0.654 bits per heavy atom. The van der Waals surface area contributed by atoms with E-state index in [-0.39, 0.29) is 45.3 Å². The van der Waals surface area contributed by atoms with Gasteiger partial charge in [-0.3, -0.25) is 0 Å². The molecular formula is C18H18O8. The standard InChI is InChI=1S/C18H18O8/c1-23-9-5-11(17(19)20)15(13(7-9)25-3)16-12(18(21)22)6-10(24-2)8-14(16)26-4/h5-8H,1-4H3,(H,19,20)(H,21,22). The van der Waals surface area contributed by atoms with E-state index in [4.69, 9.17) is 18.9 Å². The number of hydrogen-bond donors (Lipinski definition) is 2. The van der Waals surface area contributed by atoms with Crippen molar-refractivity contribution in [2.75, 3.05) is 28.4 Å². The van der Waals surface area contributed by atoms with Crippen LogP contribution in [-0.2, 0) is 0 Å². The molecule has 0 aliphatic rings. The van der Waals surface area contributed by atoms with Crippen molar-refractivity contribution in [2.45, 2.75) is 0 Å². The maximum absolute atomic E-state index is 11.8. The summed E-state index contributed by atoms with van der Waals surface area (Å²) in [6, 6.07) is 5.51. The predicted molar refractivity (Wildman–Crippen MR) is 92.0 cm³/mol. The first kappa shape index (κ1) is 18.9. The molecule has 138 valence electrons. The van der Waals surface area contributed by atoms with Crippen LogP contribution in [0.2, 0.25) is 0 Å². The van der Waals surface area contributed by atoms with Crippen LogP contribution in [0.25, 0.3) is 11.1 Å². The summed E-state index contributed by atoms with van der Waals surface area (Å²) in [6.45, 7) is 0. The molecule has 2 aromatic rings. The van der Waals surface area contributed by atoms with Crippen molar-refractivity contribution in [1.29, 1.82) is 0 Å². The zero-order valence-electron chi connectivity index (χ0n) is 14.7. The molecule has 0 saturated carbocycles. The second-order valence-corrected chi connectivity index (χ2v) is 5.11. The number of aromatic carboxylic acids is 2. The highest BCUT2D eigenvalue weighted by Crippen LogP contribution is 2.45. The summed E-state index contributed by atoms with van der Waals surface area (Å²) in [5.41, 5.74) is -0.241. The molecule has 2 N–H and O–H groups in total. The number of carboxylic acids is 2. The van der Waals surface area contributed by atoms with Gasteiger partial charge in [-0.05, 0) is 12.1 Å². The maximum atomic E-state index is 11.8. The van der Waals surface area contributed by atoms with E-state index < -0.39 is 11.9 Å². The molecule has 0 aliphatic carbocycles. The molecule has 0 fully saturated rings. The SMILES string of the molecule is COc1cc(OC)c(-c2c(OC)cc(OC)cc2C(=O)O)c(C(=O)O)c1. The Labute approximate surface area is 149 Å². The number of hydrogen-bond acceptors (Lipinski definition) is 6. The number of rotatable bonds is 7. The van der Waals surface area contributed by atoms with Crippen molar-refractivity contribution >= 4 is 11.9 Å². The summed E-state index contributed by atoms with van der Waals surface area (Å²) >= 11 is 0. The highest BCUT2D eigenvalue weighted by atomic mass is 16.5. The van der Waals surface area contributed by atoms with E-state index in [9.17, 15) is 19.8 Å². The third-order valence-electron chi connectivity index (χ3n) is 3.77. The largest absolute Gasteiger partial charge is 0.497 e. The molecule has 8 nitrogen and oxygen atoms in total. The minimum absolute atomic E-state index is 0.0673. The summed E-state index contributed by atoms with van der Waals surface area (Å²) in [5.74, 6) is -1.77. The van der Waals surface area contributed by atoms with Crippen LogP contribution in [0.1, 0.15) is 20.7 Å². The lowest BCUT2D eigenvalue weighted by Gasteiger charge is -2.19. The van der Waals surface area contributed by atoms with Gasteiger partial charge in [-0.15, -0.1) is 0 Å². The monoisotopic (exact) mass is 362 g/mol. The molecule has 0 atom stereocenters. The topological polar surface area (TPSA) is 112 Å². The zero-order valence-corrected chi connectivity index (χ0v) is 14.7. The zero-order chi connectivity index (χ0) is 19.4. The first-order valence-electron chi connectivity index (χ1n) is 7.36. The second kappa shape index (κ2) is 7.64. The molecule has 0 saturated heterocycles. The minimum atomic E-state index is -1.27. The average molecular weight is 362 g/mol. The van der Waals surface area contributed by atoms with Gasteiger partial charge in [0, 0.05) is 23.3 Å². The smallest absolute Gasteiger partial charge is 0.336 e. The second-order valence-electron chi connectivity index (χ2n) is 5.11. The normalized spacial score (nSPS) is 10.2. The van der Waals surface area contributed by atoms with Crippen molar-refractivity contribution < 1.29 is 38.7 Å². The van der Waals surface area contributed by atoms with Gasteiger partial charge in [0.2, 0.25) is 0 Å². The Balaban J connectivity index is 2.99. The first-order chi connectivity index (χ1) is 12.4. The molecule has 8 heteroatoms. The lowest BCUT2D eigenvalue weighted by molar-refractivity contribution is 0.0683. The Hall–Kier alpha value is -3.42. The van der Waals surface area contributed by atoms with Gasteiger partial charge in [0.25, 0.3) is 0 Å². The van der Waals surface area contributed by atoms with Crippen LogP contribution in [0.15, 0.2) is 24.3 Å². The summed E-state index contributed by atoms with van der Waals surface area (Å²) in [7, 11) is 5.47. The Morgan fingerprint density at radius 2 is 1.00 bits per heavy atom. The van der Waals surface area contributed by atoms with Gasteiger partial charge >= 0.3 is 11.9 Å². The van der Waals surface area contributed by atoms with Gasteiger partial charge in [-0.2, -0.15) is 0 Å². The van der Waals surface area contributed by atoms with Crippen molar-refractivity contribution in [2.24, 2.45) is 0 Å². The van der Waals surface area contributed by atoms with Crippen LogP contribution in [-0.4, -0.2) is 50.6 Å². The third kappa shape index (κ3) is 3.34. The lowest BCUT2D eigenvalue weighted by atomic mass is 9.92. The number of carboxylic acid groups (broad SMARTS) is 2. The number of ether oxygens (including phenoxy) is 4. The number of methoxy groups -OCH3 is 4. The minimum Gasteiger partial charge on any atom is -0.497 e. The van der Waals surface area contributed by atoms with E-state index in [2.05, 4.69) is 0 Å². The van der Waals surface area contributed by atoms with Gasteiger partial charge < -0.3 is 29.2 Å². The summed E-state index contributed by atoms with van der Waals surface area (Å²) in [6.07, 6.45) is 0. The molecule has 0 aromatic heterocycles.